The van der Waals surface area contributed by atoms with Crippen molar-refractivity contribution in [1.82, 2.24) is 25.3 Å². The van der Waals surface area contributed by atoms with Crippen LogP contribution in [0.5, 0.6) is 0 Å². The molecule has 0 aromatic carbocycles. The highest BCUT2D eigenvalue weighted by Gasteiger charge is 2.30. The van der Waals surface area contributed by atoms with Crippen LogP contribution < -0.4 is 10.6 Å². The largest absolute Gasteiger partial charge is 0.356 e. The highest BCUT2D eigenvalue weighted by molar-refractivity contribution is 14.0. The quantitative estimate of drug-likeness (QED) is 0.257. The highest BCUT2D eigenvalue weighted by atomic mass is 127. The molecule has 2 N–H and O–H groups in total. The number of likely N-dealkylation sites (tertiary alicyclic amines) is 1. The lowest BCUT2D eigenvalue weighted by molar-refractivity contribution is 0.242. The van der Waals surface area contributed by atoms with E-state index in [9.17, 15) is 0 Å². The minimum Gasteiger partial charge on any atom is -0.356 e. The zero-order valence-corrected chi connectivity index (χ0v) is 19.8. The molecular formula is C20H41IN6. The second-order valence-corrected chi connectivity index (χ2v) is 8.41. The normalized spacial score (nSPS) is 26.7. The fraction of sp³-hybridized carbons (Fsp3) is 0.950. The molecule has 3 aliphatic rings. The van der Waals surface area contributed by atoms with Crippen LogP contribution in [0.2, 0.25) is 0 Å². The van der Waals surface area contributed by atoms with Gasteiger partial charge in [0.15, 0.2) is 5.96 Å². The van der Waals surface area contributed by atoms with Crippen molar-refractivity contribution < 1.29 is 0 Å². The number of hydrogen-bond acceptors (Lipinski definition) is 4. The van der Waals surface area contributed by atoms with Gasteiger partial charge in [0.1, 0.15) is 0 Å². The van der Waals surface area contributed by atoms with Crippen molar-refractivity contribution >= 4 is 29.9 Å². The molecule has 27 heavy (non-hydrogen) atoms. The van der Waals surface area contributed by atoms with Gasteiger partial charge in [0.05, 0.1) is 0 Å². The summed E-state index contributed by atoms with van der Waals surface area (Å²) in [5.41, 5.74) is 0. The van der Waals surface area contributed by atoms with Gasteiger partial charge in [-0.3, -0.25) is 9.89 Å². The summed E-state index contributed by atoms with van der Waals surface area (Å²) >= 11 is 0. The summed E-state index contributed by atoms with van der Waals surface area (Å²) in [7, 11) is 4.13. The van der Waals surface area contributed by atoms with Gasteiger partial charge in [-0.2, -0.15) is 0 Å². The first-order valence-corrected chi connectivity index (χ1v) is 10.9. The molecule has 0 aromatic heterocycles. The topological polar surface area (TPSA) is 46.1 Å². The van der Waals surface area contributed by atoms with E-state index in [4.69, 9.17) is 0 Å². The third-order valence-corrected chi connectivity index (χ3v) is 6.38. The van der Waals surface area contributed by atoms with Crippen molar-refractivity contribution in [1.29, 1.82) is 0 Å². The molecule has 158 valence electrons. The van der Waals surface area contributed by atoms with Gasteiger partial charge in [-0.1, -0.05) is 12.8 Å². The summed E-state index contributed by atoms with van der Waals surface area (Å²) in [6.07, 6.45) is 9.40. The smallest absolute Gasteiger partial charge is 0.191 e. The van der Waals surface area contributed by atoms with Crippen LogP contribution in [0.3, 0.4) is 0 Å². The van der Waals surface area contributed by atoms with Crippen LogP contribution in [0.15, 0.2) is 4.99 Å². The Morgan fingerprint density at radius 2 is 1.81 bits per heavy atom. The fourth-order valence-electron chi connectivity index (χ4n) is 4.73. The molecule has 3 fully saturated rings. The third kappa shape index (κ3) is 7.66. The van der Waals surface area contributed by atoms with Crippen LogP contribution in [0.25, 0.3) is 0 Å². The zero-order chi connectivity index (χ0) is 18.2. The third-order valence-electron chi connectivity index (χ3n) is 6.38. The molecule has 0 radical (unpaired) electrons. The molecule has 2 saturated heterocycles. The van der Waals surface area contributed by atoms with E-state index in [2.05, 4.69) is 37.4 Å². The van der Waals surface area contributed by atoms with Crippen molar-refractivity contribution in [2.45, 2.75) is 57.0 Å². The summed E-state index contributed by atoms with van der Waals surface area (Å²) in [6.45, 7) is 9.54. The summed E-state index contributed by atoms with van der Waals surface area (Å²) in [5, 5.41) is 7.18. The average Bonchev–Trinajstić information content (AvgIpc) is 3.29. The van der Waals surface area contributed by atoms with E-state index in [1.54, 1.807) is 0 Å². The summed E-state index contributed by atoms with van der Waals surface area (Å²) in [6, 6.07) is 1.41. The van der Waals surface area contributed by atoms with Crippen LogP contribution in [-0.4, -0.2) is 99.2 Å². The molecule has 1 aliphatic carbocycles. The molecule has 0 spiro atoms. The first kappa shape index (κ1) is 23.2. The maximum Gasteiger partial charge on any atom is 0.191 e. The van der Waals surface area contributed by atoms with Gasteiger partial charge in [0.2, 0.25) is 0 Å². The Labute approximate surface area is 183 Å². The fourth-order valence-corrected chi connectivity index (χ4v) is 4.73. The molecule has 1 saturated carbocycles. The average molecular weight is 492 g/mol. The lowest BCUT2D eigenvalue weighted by atomic mass is 10.2. The number of rotatable bonds is 6. The lowest BCUT2D eigenvalue weighted by Gasteiger charge is -2.24. The number of aliphatic imine (C=N–C) groups is 1. The lowest BCUT2D eigenvalue weighted by Crippen LogP contribution is -2.45. The summed E-state index contributed by atoms with van der Waals surface area (Å²) < 4.78 is 0. The number of likely N-dealkylation sites (N-methyl/N-ethyl adjacent to an activating group) is 1. The SMILES string of the molecule is CN=C(NCCCN1CCCN(C)CC1)NC1CCN(C2CCCC2)C1.I. The van der Waals surface area contributed by atoms with E-state index in [1.807, 2.05) is 7.05 Å². The molecule has 6 nitrogen and oxygen atoms in total. The van der Waals surface area contributed by atoms with Gasteiger partial charge in [0.25, 0.3) is 0 Å². The van der Waals surface area contributed by atoms with Crippen LogP contribution >= 0.6 is 24.0 Å². The van der Waals surface area contributed by atoms with Crippen LogP contribution in [-0.2, 0) is 0 Å². The molecule has 2 aliphatic heterocycles. The van der Waals surface area contributed by atoms with E-state index in [0.29, 0.717) is 6.04 Å². The van der Waals surface area contributed by atoms with Crippen molar-refractivity contribution in [3.8, 4) is 0 Å². The molecule has 1 unspecified atom stereocenters. The number of nitrogens with one attached hydrogen (secondary N) is 2. The van der Waals surface area contributed by atoms with E-state index in [1.165, 1.54) is 90.8 Å². The number of nitrogens with zero attached hydrogens (tertiary/aromatic N) is 4. The Morgan fingerprint density at radius 1 is 1.00 bits per heavy atom. The Hall–Kier alpha value is -0.120. The minimum absolute atomic E-state index is 0. The second kappa shape index (κ2) is 12.4. The molecule has 1 atom stereocenters. The molecule has 3 rings (SSSR count). The van der Waals surface area contributed by atoms with Gasteiger partial charge >= 0.3 is 0 Å². The van der Waals surface area contributed by atoms with Gasteiger partial charge in [-0.15, -0.1) is 24.0 Å². The van der Waals surface area contributed by atoms with E-state index < -0.39 is 0 Å². The standard InChI is InChI=1S/C20H40N6.HI/c1-21-20(22-10-5-12-25-13-6-11-24(2)15-16-25)23-18-9-14-26(17-18)19-7-3-4-8-19;/h18-19H,3-17H2,1-2H3,(H2,21,22,23);1H. The van der Waals surface area contributed by atoms with Crippen molar-refractivity contribution in [2.24, 2.45) is 4.99 Å². The van der Waals surface area contributed by atoms with E-state index >= 15 is 0 Å². The second-order valence-electron chi connectivity index (χ2n) is 8.41. The molecule has 7 heteroatoms. The van der Waals surface area contributed by atoms with Crippen molar-refractivity contribution in [2.75, 3.05) is 66.5 Å². The molecule has 0 bridgehead atoms. The van der Waals surface area contributed by atoms with Gasteiger partial charge in [-0.05, 0) is 58.8 Å². The summed E-state index contributed by atoms with van der Waals surface area (Å²) in [5.74, 6) is 0.985. The number of hydrogen-bond donors (Lipinski definition) is 2. The number of guanidine groups is 1. The van der Waals surface area contributed by atoms with E-state index in [-0.39, 0.29) is 24.0 Å². The van der Waals surface area contributed by atoms with Crippen LogP contribution in [0.1, 0.15) is 44.9 Å². The number of halogens is 1. The molecular weight excluding hydrogens is 451 g/mol. The highest BCUT2D eigenvalue weighted by Crippen LogP contribution is 2.26. The predicted octanol–water partition coefficient (Wildman–Crippen LogP) is 1.81. The van der Waals surface area contributed by atoms with Crippen molar-refractivity contribution in [3.63, 3.8) is 0 Å². The molecule has 2 heterocycles. The Bertz CT molecular complexity index is 440. The maximum atomic E-state index is 4.44. The Kier molecular flexibility index (Phi) is 10.7. The summed E-state index contributed by atoms with van der Waals surface area (Å²) in [4.78, 5) is 12.2. The maximum absolute atomic E-state index is 4.44. The van der Waals surface area contributed by atoms with Gasteiger partial charge in [0, 0.05) is 51.9 Å². The Morgan fingerprint density at radius 3 is 2.59 bits per heavy atom. The monoisotopic (exact) mass is 492 g/mol. The first-order chi connectivity index (χ1) is 12.7. The minimum atomic E-state index is 0. The van der Waals surface area contributed by atoms with Crippen LogP contribution in [0.4, 0.5) is 0 Å². The van der Waals surface area contributed by atoms with E-state index in [0.717, 1.165) is 18.5 Å². The first-order valence-electron chi connectivity index (χ1n) is 10.9. The molecule has 0 amide bonds. The molecule has 0 aromatic rings. The van der Waals surface area contributed by atoms with Crippen LogP contribution in [0, 0.1) is 0 Å². The van der Waals surface area contributed by atoms with Gasteiger partial charge < -0.3 is 20.4 Å². The zero-order valence-electron chi connectivity index (χ0n) is 17.5. The Balaban J connectivity index is 0.00000261. The predicted molar refractivity (Wildman–Crippen MR) is 125 cm³/mol. The van der Waals surface area contributed by atoms with Gasteiger partial charge in [-0.25, -0.2) is 0 Å². The van der Waals surface area contributed by atoms with Crippen molar-refractivity contribution in [3.05, 3.63) is 0 Å².